The number of hydrogen-bond donors (Lipinski definition) is 0. The average Bonchev–Trinajstić information content (AvgIpc) is 2.79. The van der Waals surface area contributed by atoms with E-state index in [0.29, 0.717) is 6.54 Å². The monoisotopic (exact) mass is 413 g/mol. The van der Waals surface area contributed by atoms with Crippen molar-refractivity contribution in [2.75, 3.05) is 20.8 Å². The molecule has 0 atom stereocenters. The van der Waals surface area contributed by atoms with Crippen LogP contribution in [0.1, 0.15) is 16.7 Å². The number of nitrogens with zero attached hydrogens (tertiary/aromatic N) is 1. The number of fused-ring (bicyclic) bond motifs is 1. The Morgan fingerprint density at radius 3 is 2.26 bits per heavy atom. The summed E-state index contributed by atoms with van der Waals surface area (Å²) in [6.45, 7) is 4.83. The molecule has 0 aliphatic rings. The predicted octanol–water partition coefficient (Wildman–Crippen LogP) is 5.88. The van der Waals surface area contributed by atoms with Crippen LogP contribution in [0.5, 0.6) is 11.5 Å². The molecular formula is C27H27NO3. The molecule has 0 N–H and O–H groups in total. The molecule has 0 aliphatic heterocycles. The van der Waals surface area contributed by atoms with Crippen molar-refractivity contribution in [1.29, 1.82) is 0 Å². The van der Waals surface area contributed by atoms with Crippen molar-refractivity contribution < 1.29 is 13.9 Å². The van der Waals surface area contributed by atoms with E-state index in [0.717, 1.165) is 51.1 Å². The number of hydrogen-bond acceptors (Lipinski definition) is 4. The molecule has 4 nitrogen and oxygen atoms in total. The first kappa shape index (κ1) is 20.7. The molecule has 0 bridgehead atoms. The highest BCUT2D eigenvalue weighted by atomic mass is 16.5. The van der Waals surface area contributed by atoms with Crippen molar-refractivity contribution in [2.45, 2.75) is 20.3 Å². The minimum atomic E-state index is 0.663. The molecule has 1 heterocycles. The van der Waals surface area contributed by atoms with E-state index in [-0.39, 0.29) is 0 Å². The third kappa shape index (κ3) is 4.64. The van der Waals surface area contributed by atoms with E-state index in [4.69, 9.17) is 18.9 Å². The van der Waals surface area contributed by atoms with Gasteiger partial charge in [0.25, 0.3) is 0 Å². The van der Waals surface area contributed by atoms with Crippen LogP contribution in [0.3, 0.4) is 0 Å². The number of benzene rings is 3. The minimum absolute atomic E-state index is 0.663. The molecule has 1 aromatic heterocycles. The molecule has 0 saturated carbocycles. The van der Waals surface area contributed by atoms with Gasteiger partial charge in [0.1, 0.15) is 11.3 Å². The molecule has 158 valence electrons. The van der Waals surface area contributed by atoms with Gasteiger partial charge in [-0.2, -0.15) is 0 Å². The van der Waals surface area contributed by atoms with E-state index in [2.05, 4.69) is 56.3 Å². The van der Waals surface area contributed by atoms with E-state index in [9.17, 15) is 0 Å². The Hall–Kier alpha value is -3.53. The van der Waals surface area contributed by atoms with Crippen molar-refractivity contribution in [2.24, 2.45) is 4.99 Å². The topological polar surface area (TPSA) is 44.0 Å². The van der Waals surface area contributed by atoms with Gasteiger partial charge in [0.05, 0.1) is 19.6 Å². The summed E-state index contributed by atoms with van der Waals surface area (Å²) in [7, 11) is 3.30. The zero-order valence-corrected chi connectivity index (χ0v) is 18.4. The Morgan fingerprint density at radius 1 is 0.774 bits per heavy atom. The Labute approximate surface area is 182 Å². The van der Waals surface area contributed by atoms with Crippen molar-refractivity contribution in [1.82, 2.24) is 0 Å². The van der Waals surface area contributed by atoms with Gasteiger partial charge in [-0.25, -0.2) is 0 Å². The van der Waals surface area contributed by atoms with Gasteiger partial charge >= 0.3 is 0 Å². The molecule has 4 aromatic rings. The maximum Gasteiger partial charge on any atom is 0.160 e. The Balaban J connectivity index is 1.70. The van der Waals surface area contributed by atoms with Gasteiger partial charge in [0, 0.05) is 23.6 Å². The zero-order valence-electron chi connectivity index (χ0n) is 18.4. The molecule has 4 rings (SSSR count). The van der Waals surface area contributed by atoms with Crippen molar-refractivity contribution >= 4 is 11.0 Å². The molecule has 0 radical (unpaired) electrons. The van der Waals surface area contributed by atoms with Gasteiger partial charge in [0.2, 0.25) is 0 Å². The van der Waals surface area contributed by atoms with E-state index in [1.807, 2.05) is 24.3 Å². The van der Waals surface area contributed by atoms with Gasteiger partial charge in [-0.3, -0.25) is 4.99 Å². The van der Waals surface area contributed by atoms with Crippen LogP contribution in [-0.4, -0.2) is 20.8 Å². The second-order valence-corrected chi connectivity index (χ2v) is 7.68. The second-order valence-electron chi connectivity index (χ2n) is 7.68. The minimum Gasteiger partial charge on any atom is -0.493 e. The summed E-state index contributed by atoms with van der Waals surface area (Å²) in [5.74, 6) is 2.29. The smallest absolute Gasteiger partial charge is 0.160 e. The summed E-state index contributed by atoms with van der Waals surface area (Å²) in [5, 5.41) is 1.98. The molecule has 0 amide bonds. The van der Waals surface area contributed by atoms with Crippen LogP contribution in [0.4, 0.5) is 0 Å². The average molecular weight is 414 g/mol. The van der Waals surface area contributed by atoms with Crippen LogP contribution < -0.4 is 14.8 Å². The highest BCUT2D eigenvalue weighted by Crippen LogP contribution is 2.28. The van der Waals surface area contributed by atoms with Gasteiger partial charge in [-0.15, -0.1) is 0 Å². The van der Waals surface area contributed by atoms with Crippen molar-refractivity contribution in [3.63, 3.8) is 0 Å². The lowest BCUT2D eigenvalue weighted by atomic mass is 10.1. The standard InChI is InChI=1S/C27H27NO3/c1-18-5-9-21(10-6-18)26-17-23(22-15-19(2)7-11-24(22)31-26)28-14-13-20-8-12-25(29-3)27(16-20)30-4/h5-12,15-17H,13-14H2,1-4H3. The molecule has 0 spiro atoms. The predicted molar refractivity (Wildman–Crippen MR) is 125 cm³/mol. The van der Waals surface area contributed by atoms with E-state index in [1.165, 1.54) is 11.1 Å². The van der Waals surface area contributed by atoms with Crippen LogP contribution in [0.25, 0.3) is 22.3 Å². The summed E-state index contributed by atoms with van der Waals surface area (Å²) in [6, 6.07) is 22.6. The first-order chi connectivity index (χ1) is 15.1. The quantitative estimate of drug-likeness (QED) is 0.397. The van der Waals surface area contributed by atoms with Gasteiger partial charge < -0.3 is 13.9 Å². The third-order valence-corrected chi connectivity index (χ3v) is 5.37. The van der Waals surface area contributed by atoms with Crippen molar-refractivity contribution in [3.05, 3.63) is 88.8 Å². The molecule has 0 fully saturated rings. The summed E-state index contributed by atoms with van der Waals surface area (Å²) in [5.41, 5.74) is 5.45. The lowest BCUT2D eigenvalue weighted by Gasteiger charge is -2.09. The number of aryl methyl sites for hydroxylation is 2. The Morgan fingerprint density at radius 2 is 1.52 bits per heavy atom. The number of ether oxygens (including phenoxy) is 2. The number of methoxy groups -OCH3 is 2. The highest BCUT2D eigenvalue weighted by molar-refractivity contribution is 5.79. The SMILES string of the molecule is COc1ccc(CCN=c2cc(-c3ccc(C)cc3)oc3ccc(C)cc23)cc1OC. The highest BCUT2D eigenvalue weighted by Gasteiger charge is 2.07. The molecule has 0 aliphatic carbocycles. The first-order valence-corrected chi connectivity index (χ1v) is 10.4. The summed E-state index contributed by atoms with van der Waals surface area (Å²) in [6.07, 6.45) is 0.805. The van der Waals surface area contributed by atoms with Crippen LogP contribution >= 0.6 is 0 Å². The molecule has 0 saturated heterocycles. The van der Waals surface area contributed by atoms with Crippen LogP contribution in [-0.2, 0) is 6.42 Å². The second kappa shape index (κ2) is 9.09. The summed E-state index contributed by atoms with van der Waals surface area (Å²) < 4.78 is 17.0. The van der Waals surface area contributed by atoms with Crippen LogP contribution in [0.15, 0.2) is 76.1 Å². The lowest BCUT2D eigenvalue weighted by Crippen LogP contribution is -2.06. The van der Waals surface area contributed by atoms with Crippen molar-refractivity contribution in [3.8, 4) is 22.8 Å². The lowest BCUT2D eigenvalue weighted by molar-refractivity contribution is 0.354. The zero-order chi connectivity index (χ0) is 21.8. The first-order valence-electron chi connectivity index (χ1n) is 10.4. The van der Waals surface area contributed by atoms with Crippen LogP contribution in [0, 0.1) is 13.8 Å². The molecule has 4 heteroatoms. The normalized spacial score (nSPS) is 11.7. The molecule has 0 unspecified atom stereocenters. The molecule has 31 heavy (non-hydrogen) atoms. The molecular weight excluding hydrogens is 386 g/mol. The molecule has 3 aromatic carbocycles. The largest absolute Gasteiger partial charge is 0.493 e. The van der Waals surface area contributed by atoms with E-state index >= 15 is 0 Å². The van der Waals surface area contributed by atoms with Gasteiger partial charge in [-0.1, -0.05) is 47.5 Å². The Kier molecular flexibility index (Phi) is 6.08. The maximum atomic E-state index is 6.21. The van der Waals surface area contributed by atoms with Gasteiger partial charge in [-0.05, 0) is 50.1 Å². The maximum absolute atomic E-state index is 6.21. The van der Waals surface area contributed by atoms with E-state index in [1.54, 1.807) is 14.2 Å². The Bertz CT molecular complexity index is 1270. The fourth-order valence-electron chi connectivity index (χ4n) is 3.62. The fourth-order valence-corrected chi connectivity index (χ4v) is 3.62. The van der Waals surface area contributed by atoms with Crippen LogP contribution in [0.2, 0.25) is 0 Å². The van der Waals surface area contributed by atoms with Gasteiger partial charge in [0.15, 0.2) is 11.5 Å². The number of rotatable bonds is 6. The summed E-state index contributed by atoms with van der Waals surface area (Å²) >= 11 is 0. The third-order valence-electron chi connectivity index (χ3n) is 5.37. The van der Waals surface area contributed by atoms with E-state index < -0.39 is 0 Å². The fraction of sp³-hybridized carbons (Fsp3) is 0.222. The summed E-state index contributed by atoms with van der Waals surface area (Å²) in [4.78, 5) is 4.94.